The fraction of sp³-hybridized carbons (Fsp3) is 0.200. The molecule has 0 unspecified atom stereocenters. The van der Waals surface area contributed by atoms with E-state index in [0.717, 1.165) is 24.1 Å². The molecule has 0 aliphatic carbocycles. The van der Waals surface area contributed by atoms with Gasteiger partial charge in [0.05, 0.1) is 15.6 Å². The molecular weight excluding hydrogens is 374 g/mol. The smallest absolute Gasteiger partial charge is 0.264 e. The Morgan fingerprint density at radius 1 is 1.14 bits per heavy atom. The molecule has 0 spiro atoms. The number of halogens is 2. The summed E-state index contributed by atoms with van der Waals surface area (Å²) in [5.41, 5.74) is 1.84. The van der Waals surface area contributed by atoms with E-state index < -0.39 is 10.0 Å². The van der Waals surface area contributed by atoms with E-state index in [1.165, 1.54) is 4.31 Å². The van der Waals surface area contributed by atoms with Crippen molar-refractivity contribution in [2.75, 3.05) is 10.8 Å². The molecule has 0 aromatic heterocycles. The van der Waals surface area contributed by atoms with Crippen LogP contribution in [0.25, 0.3) is 0 Å². The summed E-state index contributed by atoms with van der Waals surface area (Å²) in [6.45, 7) is 0.500. The summed E-state index contributed by atoms with van der Waals surface area (Å²) in [5, 5.41) is 0.494. The van der Waals surface area contributed by atoms with Crippen molar-refractivity contribution in [1.82, 2.24) is 0 Å². The maximum atomic E-state index is 12.9. The molecule has 3 rings (SSSR count). The van der Waals surface area contributed by atoms with Gasteiger partial charge >= 0.3 is 0 Å². The Morgan fingerprint density at radius 2 is 1.90 bits per heavy atom. The molecule has 110 valence electrons. The highest BCUT2D eigenvalue weighted by molar-refractivity contribution is 9.10. The molecule has 0 N–H and O–H groups in total. The SMILES string of the molecule is O=S(=O)(c1ccc(Cl)c(Br)c1)N1CCCc2ccccc21. The average molecular weight is 387 g/mol. The normalized spacial score (nSPS) is 14.9. The van der Waals surface area contributed by atoms with Crippen LogP contribution in [0.2, 0.25) is 5.02 Å². The predicted octanol–water partition coefficient (Wildman–Crippen LogP) is 4.24. The Bertz CT molecular complexity index is 792. The molecule has 0 bridgehead atoms. The van der Waals surface area contributed by atoms with E-state index in [9.17, 15) is 8.42 Å². The minimum atomic E-state index is -3.57. The minimum Gasteiger partial charge on any atom is -0.266 e. The van der Waals surface area contributed by atoms with Crippen molar-refractivity contribution in [2.45, 2.75) is 17.7 Å². The van der Waals surface area contributed by atoms with E-state index in [1.54, 1.807) is 18.2 Å². The molecule has 1 heterocycles. The summed E-state index contributed by atoms with van der Waals surface area (Å²) in [4.78, 5) is 0.246. The van der Waals surface area contributed by atoms with Gasteiger partial charge < -0.3 is 0 Å². The van der Waals surface area contributed by atoms with Gasteiger partial charge in [0.1, 0.15) is 0 Å². The van der Waals surface area contributed by atoms with Crippen LogP contribution in [0.15, 0.2) is 51.8 Å². The molecule has 0 saturated carbocycles. The molecule has 1 aliphatic rings. The Morgan fingerprint density at radius 3 is 2.67 bits per heavy atom. The number of aryl methyl sites for hydroxylation is 1. The largest absolute Gasteiger partial charge is 0.266 e. The zero-order chi connectivity index (χ0) is 15.0. The van der Waals surface area contributed by atoms with Crippen molar-refractivity contribution < 1.29 is 8.42 Å². The number of sulfonamides is 1. The maximum Gasteiger partial charge on any atom is 0.264 e. The van der Waals surface area contributed by atoms with Crippen molar-refractivity contribution in [3.8, 4) is 0 Å². The Balaban J connectivity index is 2.09. The van der Waals surface area contributed by atoms with Crippen LogP contribution in [0.4, 0.5) is 5.69 Å². The lowest BCUT2D eigenvalue weighted by molar-refractivity contribution is 0.586. The van der Waals surface area contributed by atoms with E-state index in [1.807, 2.05) is 24.3 Å². The highest BCUT2D eigenvalue weighted by Crippen LogP contribution is 2.33. The molecule has 1 aliphatic heterocycles. The van der Waals surface area contributed by atoms with Gasteiger partial charge in [0.2, 0.25) is 0 Å². The minimum absolute atomic E-state index is 0.246. The van der Waals surface area contributed by atoms with E-state index in [4.69, 9.17) is 11.6 Å². The lowest BCUT2D eigenvalue weighted by Crippen LogP contribution is -2.35. The molecule has 0 fully saturated rings. The molecular formula is C15H13BrClNO2S. The van der Waals surface area contributed by atoms with Crippen LogP contribution in [-0.4, -0.2) is 15.0 Å². The quantitative estimate of drug-likeness (QED) is 0.774. The van der Waals surface area contributed by atoms with Crippen molar-refractivity contribution >= 4 is 43.2 Å². The number of para-hydroxylation sites is 1. The second-order valence-electron chi connectivity index (χ2n) is 4.89. The second-order valence-corrected chi connectivity index (χ2v) is 8.01. The highest BCUT2D eigenvalue weighted by atomic mass is 79.9. The molecule has 0 radical (unpaired) electrons. The number of hydrogen-bond acceptors (Lipinski definition) is 2. The summed E-state index contributed by atoms with van der Waals surface area (Å²) in [6, 6.07) is 12.3. The van der Waals surface area contributed by atoms with E-state index in [0.29, 0.717) is 16.0 Å². The van der Waals surface area contributed by atoms with Crippen LogP contribution in [0, 0.1) is 0 Å². The van der Waals surface area contributed by atoms with Gasteiger partial charge in [0.25, 0.3) is 10.0 Å². The zero-order valence-corrected chi connectivity index (χ0v) is 14.2. The molecule has 0 saturated heterocycles. The van der Waals surface area contributed by atoms with Crippen molar-refractivity contribution in [3.05, 3.63) is 57.5 Å². The number of nitrogens with zero attached hydrogens (tertiary/aromatic N) is 1. The molecule has 6 heteroatoms. The highest BCUT2D eigenvalue weighted by Gasteiger charge is 2.29. The van der Waals surface area contributed by atoms with Crippen molar-refractivity contribution in [2.24, 2.45) is 0 Å². The van der Waals surface area contributed by atoms with Crippen molar-refractivity contribution in [1.29, 1.82) is 0 Å². The van der Waals surface area contributed by atoms with Crippen molar-refractivity contribution in [3.63, 3.8) is 0 Å². The van der Waals surface area contributed by atoms with Gasteiger partial charge in [-0.15, -0.1) is 0 Å². The average Bonchev–Trinajstić information content (AvgIpc) is 2.49. The number of anilines is 1. The van der Waals surface area contributed by atoms with Crippen LogP contribution >= 0.6 is 27.5 Å². The van der Waals surface area contributed by atoms with Gasteiger partial charge in [-0.25, -0.2) is 8.42 Å². The third-order valence-electron chi connectivity index (χ3n) is 3.55. The van der Waals surface area contributed by atoms with Gasteiger partial charge in [-0.1, -0.05) is 29.8 Å². The first-order valence-corrected chi connectivity index (χ1v) is 9.17. The molecule has 2 aromatic rings. The lowest BCUT2D eigenvalue weighted by atomic mass is 10.0. The van der Waals surface area contributed by atoms with Crippen LogP contribution in [0.1, 0.15) is 12.0 Å². The van der Waals surface area contributed by atoms with Gasteiger partial charge in [-0.3, -0.25) is 4.31 Å². The fourth-order valence-corrected chi connectivity index (χ4v) is 4.73. The van der Waals surface area contributed by atoms with Gasteiger partial charge in [0.15, 0.2) is 0 Å². The Kier molecular flexibility index (Phi) is 3.99. The first kappa shape index (κ1) is 14.9. The van der Waals surface area contributed by atoms with Gasteiger partial charge in [-0.2, -0.15) is 0 Å². The number of rotatable bonds is 2. The van der Waals surface area contributed by atoms with Crippen LogP contribution in [0.5, 0.6) is 0 Å². The maximum absolute atomic E-state index is 12.9. The van der Waals surface area contributed by atoms with Gasteiger partial charge in [-0.05, 0) is 58.6 Å². The van der Waals surface area contributed by atoms with Crippen LogP contribution in [0.3, 0.4) is 0 Å². The van der Waals surface area contributed by atoms with E-state index in [2.05, 4.69) is 15.9 Å². The lowest BCUT2D eigenvalue weighted by Gasteiger charge is -2.30. The summed E-state index contributed by atoms with van der Waals surface area (Å²) in [5.74, 6) is 0. The number of hydrogen-bond donors (Lipinski definition) is 0. The fourth-order valence-electron chi connectivity index (χ4n) is 2.51. The van der Waals surface area contributed by atoms with E-state index >= 15 is 0 Å². The summed E-state index contributed by atoms with van der Waals surface area (Å²) in [7, 11) is -3.57. The Hall–Kier alpha value is -1.04. The standard InChI is InChI=1S/C15H13BrClNO2S/c16-13-10-12(7-8-14(13)17)21(19,20)18-9-3-5-11-4-1-2-6-15(11)18/h1-2,4,6-8,10H,3,5,9H2. The number of benzene rings is 2. The summed E-state index contributed by atoms with van der Waals surface area (Å²) >= 11 is 9.22. The van der Waals surface area contributed by atoms with Crippen LogP contribution in [-0.2, 0) is 16.4 Å². The summed E-state index contributed by atoms with van der Waals surface area (Å²) < 4.78 is 27.8. The second kappa shape index (κ2) is 5.63. The number of fused-ring (bicyclic) bond motifs is 1. The van der Waals surface area contributed by atoms with E-state index in [-0.39, 0.29) is 4.90 Å². The Labute approximate surface area is 137 Å². The molecule has 0 atom stereocenters. The topological polar surface area (TPSA) is 37.4 Å². The third-order valence-corrected chi connectivity index (χ3v) is 6.57. The van der Waals surface area contributed by atoms with Crippen LogP contribution < -0.4 is 4.31 Å². The molecule has 21 heavy (non-hydrogen) atoms. The van der Waals surface area contributed by atoms with Gasteiger partial charge in [0, 0.05) is 11.0 Å². The third kappa shape index (κ3) is 2.70. The molecule has 2 aromatic carbocycles. The predicted molar refractivity (Wildman–Crippen MR) is 88.4 cm³/mol. The zero-order valence-electron chi connectivity index (χ0n) is 11.1. The first-order chi connectivity index (χ1) is 10.00. The molecule has 3 nitrogen and oxygen atoms in total. The summed E-state index contributed by atoms with van der Waals surface area (Å²) in [6.07, 6.45) is 1.73. The monoisotopic (exact) mass is 385 g/mol. The molecule has 0 amide bonds. The first-order valence-electron chi connectivity index (χ1n) is 6.56.